The molecule has 0 aliphatic carbocycles. The van der Waals surface area contributed by atoms with Crippen LogP contribution < -0.4 is 0 Å². The minimum absolute atomic E-state index is 0.679. The van der Waals surface area contributed by atoms with Crippen LogP contribution in [0.25, 0.3) is 38.1 Å². The molecular weight excluding hydrogens is 278 g/mol. The molecule has 0 atom stereocenters. The zero-order valence-corrected chi connectivity index (χ0v) is 13.5. The summed E-state index contributed by atoms with van der Waals surface area (Å²) in [4.78, 5) is 0. The molecule has 0 amide bonds. The van der Waals surface area contributed by atoms with Gasteiger partial charge in [-0.05, 0) is 30.0 Å². The molecule has 0 saturated carbocycles. The highest BCUT2D eigenvalue weighted by Crippen LogP contribution is 2.38. The Kier molecular flexibility index (Phi) is 2.52. The van der Waals surface area contributed by atoms with E-state index in [2.05, 4.69) is 78.9 Å². The Hall–Kier alpha value is -2.54. The van der Waals surface area contributed by atoms with Crippen molar-refractivity contribution < 1.29 is 0 Å². The van der Waals surface area contributed by atoms with Gasteiger partial charge >= 0.3 is 0 Å². The highest BCUT2D eigenvalue weighted by atomic mass is 14.9. The lowest BCUT2D eigenvalue weighted by molar-refractivity contribution is 0.648. The summed E-state index contributed by atoms with van der Waals surface area (Å²) >= 11 is 0. The van der Waals surface area contributed by atoms with Crippen molar-refractivity contribution >= 4 is 38.1 Å². The summed E-state index contributed by atoms with van der Waals surface area (Å²) in [6, 6.07) is 22.4. The number of fused-ring (bicyclic) bond motifs is 6. The Balaban J connectivity index is 2.02. The third-order valence-corrected chi connectivity index (χ3v) is 4.93. The zero-order chi connectivity index (χ0) is 15.6. The third-order valence-electron chi connectivity index (χ3n) is 4.93. The van der Waals surface area contributed by atoms with Crippen molar-refractivity contribution in [2.75, 3.05) is 0 Å². The van der Waals surface area contributed by atoms with Crippen molar-refractivity contribution in [3.8, 4) is 0 Å². The van der Waals surface area contributed by atoms with E-state index in [1.807, 2.05) is 0 Å². The summed E-state index contributed by atoms with van der Waals surface area (Å²) in [5.41, 5.74) is 5.45. The van der Waals surface area contributed by atoms with Gasteiger partial charge in [0.2, 0.25) is 0 Å². The number of benzene rings is 3. The first-order valence-corrected chi connectivity index (χ1v) is 8.40. The molecule has 1 nitrogen and oxygen atoms in total. The molecule has 0 spiro atoms. The Morgan fingerprint density at radius 3 is 2.22 bits per heavy atom. The summed E-state index contributed by atoms with van der Waals surface area (Å²) in [6.07, 6.45) is 1.13. The van der Waals surface area contributed by atoms with E-state index in [9.17, 15) is 0 Å². The van der Waals surface area contributed by atoms with Gasteiger partial charge in [-0.3, -0.25) is 0 Å². The molecule has 0 saturated heterocycles. The molecule has 1 heteroatoms. The van der Waals surface area contributed by atoms with Gasteiger partial charge in [-0.15, -0.1) is 0 Å². The molecule has 2 aromatic heterocycles. The highest BCUT2D eigenvalue weighted by molar-refractivity contribution is 6.23. The second-order valence-electron chi connectivity index (χ2n) is 7.00. The molecule has 112 valence electrons. The predicted molar refractivity (Wildman–Crippen MR) is 99.6 cm³/mol. The van der Waals surface area contributed by atoms with Crippen molar-refractivity contribution in [2.45, 2.75) is 20.3 Å². The summed E-state index contributed by atoms with van der Waals surface area (Å²) in [5, 5.41) is 5.44. The van der Waals surface area contributed by atoms with Crippen LogP contribution in [0.5, 0.6) is 0 Å². The van der Waals surface area contributed by atoms with E-state index < -0.39 is 0 Å². The molecule has 0 aliphatic heterocycles. The van der Waals surface area contributed by atoms with Gasteiger partial charge in [-0.1, -0.05) is 62.4 Å². The van der Waals surface area contributed by atoms with E-state index in [0.29, 0.717) is 5.92 Å². The van der Waals surface area contributed by atoms with Crippen LogP contribution >= 0.6 is 0 Å². The van der Waals surface area contributed by atoms with Crippen LogP contribution in [0.1, 0.15) is 19.4 Å². The molecule has 23 heavy (non-hydrogen) atoms. The average molecular weight is 297 g/mol. The molecule has 0 unspecified atom stereocenters. The first-order valence-electron chi connectivity index (χ1n) is 8.40. The Morgan fingerprint density at radius 2 is 1.43 bits per heavy atom. The van der Waals surface area contributed by atoms with Crippen LogP contribution in [0.15, 0.2) is 60.7 Å². The zero-order valence-electron chi connectivity index (χ0n) is 13.5. The second-order valence-corrected chi connectivity index (χ2v) is 7.00. The van der Waals surface area contributed by atoms with Crippen molar-refractivity contribution in [1.29, 1.82) is 0 Å². The molecule has 2 heterocycles. The first-order chi connectivity index (χ1) is 11.2. The number of hydrogen-bond acceptors (Lipinski definition) is 0. The number of rotatable bonds is 2. The monoisotopic (exact) mass is 297 g/mol. The van der Waals surface area contributed by atoms with E-state index in [1.165, 1.54) is 43.7 Å². The lowest BCUT2D eigenvalue weighted by Gasteiger charge is -2.05. The van der Waals surface area contributed by atoms with Crippen LogP contribution in [-0.2, 0) is 6.42 Å². The fourth-order valence-electron chi connectivity index (χ4n) is 4.07. The number of hydrogen-bond donors (Lipinski definition) is 0. The van der Waals surface area contributed by atoms with E-state index in [1.54, 1.807) is 0 Å². The molecule has 3 aromatic carbocycles. The largest absolute Gasteiger partial charge is 0.308 e. The third kappa shape index (κ3) is 1.68. The Morgan fingerprint density at radius 1 is 0.739 bits per heavy atom. The maximum Gasteiger partial charge on any atom is 0.0620 e. The molecule has 0 fully saturated rings. The minimum Gasteiger partial charge on any atom is -0.308 e. The molecule has 0 radical (unpaired) electrons. The average Bonchev–Trinajstić information content (AvgIpc) is 3.05. The second kappa shape index (κ2) is 4.48. The lowest BCUT2D eigenvalue weighted by atomic mass is 10.0. The number of para-hydroxylation sites is 2. The Bertz CT molecular complexity index is 1160. The highest BCUT2D eigenvalue weighted by Gasteiger charge is 2.16. The summed E-state index contributed by atoms with van der Waals surface area (Å²) in [7, 11) is 0. The maximum atomic E-state index is 2.46. The van der Waals surface area contributed by atoms with Crippen LogP contribution in [0, 0.1) is 5.92 Å². The van der Waals surface area contributed by atoms with Crippen molar-refractivity contribution in [2.24, 2.45) is 5.92 Å². The fraction of sp³-hybridized carbons (Fsp3) is 0.182. The molecule has 0 bridgehead atoms. The van der Waals surface area contributed by atoms with E-state index in [4.69, 9.17) is 0 Å². The van der Waals surface area contributed by atoms with Crippen LogP contribution in [0.2, 0.25) is 0 Å². The molecule has 0 N–H and O–H groups in total. The minimum atomic E-state index is 0.679. The maximum absolute atomic E-state index is 2.46. The SMILES string of the molecule is CC(C)Cc1ccc2c3cccc4c5ccccc5n(c2c1)c43. The molecule has 0 aliphatic rings. The lowest BCUT2D eigenvalue weighted by Crippen LogP contribution is -1.93. The van der Waals surface area contributed by atoms with Gasteiger partial charge in [-0.2, -0.15) is 0 Å². The standard InChI is InChI=1S/C22H19N/c1-14(2)12-15-10-11-17-19-8-5-7-18-16-6-3-4-9-20(16)23(22(18)19)21(17)13-15/h3-11,13-14H,12H2,1-2H3. The fourth-order valence-corrected chi connectivity index (χ4v) is 4.07. The number of nitrogens with zero attached hydrogens (tertiary/aromatic N) is 1. The van der Waals surface area contributed by atoms with Gasteiger partial charge in [0.15, 0.2) is 0 Å². The van der Waals surface area contributed by atoms with Gasteiger partial charge in [-0.25, -0.2) is 0 Å². The van der Waals surface area contributed by atoms with Gasteiger partial charge in [0, 0.05) is 21.5 Å². The van der Waals surface area contributed by atoms with E-state index in [-0.39, 0.29) is 0 Å². The van der Waals surface area contributed by atoms with Gasteiger partial charge in [0.25, 0.3) is 0 Å². The molecule has 5 rings (SSSR count). The summed E-state index contributed by atoms with van der Waals surface area (Å²) < 4.78 is 2.46. The van der Waals surface area contributed by atoms with E-state index in [0.717, 1.165) is 6.42 Å². The Labute approximate surface area is 135 Å². The van der Waals surface area contributed by atoms with Gasteiger partial charge in [0.1, 0.15) is 0 Å². The first kappa shape index (κ1) is 13.0. The van der Waals surface area contributed by atoms with E-state index >= 15 is 0 Å². The quantitative estimate of drug-likeness (QED) is 0.374. The summed E-state index contributed by atoms with van der Waals surface area (Å²) in [6.45, 7) is 4.57. The normalized spacial score (nSPS) is 12.5. The predicted octanol–water partition coefficient (Wildman–Crippen LogP) is 6.04. The van der Waals surface area contributed by atoms with Crippen molar-refractivity contribution in [1.82, 2.24) is 4.40 Å². The molecular formula is C22H19N. The van der Waals surface area contributed by atoms with Crippen LogP contribution in [-0.4, -0.2) is 4.40 Å². The van der Waals surface area contributed by atoms with Crippen LogP contribution in [0.4, 0.5) is 0 Å². The van der Waals surface area contributed by atoms with Crippen LogP contribution in [0.3, 0.4) is 0 Å². The van der Waals surface area contributed by atoms with Crippen molar-refractivity contribution in [3.05, 3.63) is 66.2 Å². The van der Waals surface area contributed by atoms with Gasteiger partial charge < -0.3 is 4.40 Å². The molecule has 5 aromatic rings. The smallest absolute Gasteiger partial charge is 0.0620 e. The van der Waals surface area contributed by atoms with Gasteiger partial charge in [0.05, 0.1) is 16.6 Å². The number of aromatic nitrogens is 1. The topological polar surface area (TPSA) is 4.41 Å². The summed E-state index contributed by atoms with van der Waals surface area (Å²) in [5.74, 6) is 0.679. The van der Waals surface area contributed by atoms with Crippen molar-refractivity contribution in [3.63, 3.8) is 0 Å².